The zero-order valence-corrected chi connectivity index (χ0v) is 8.78. The minimum Gasteiger partial charge on any atom is -0.404 e. The number of para-hydroxylation sites is 2. The number of carbonyl (C=O) groups excluding carboxylic acids is 1. The highest BCUT2D eigenvalue weighted by Crippen LogP contribution is 2.12. The summed E-state index contributed by atoms with van der Waals surface area (Å²) >= 11 is 0.0569. The predicted molar refractivity (Wildman–Crippen MR) is 60.4 cm³/mol. The fourth-order valence-corrected chi connectivity index (χ4v) is 1.33. The van der Waals surface area contributed by atoms with Crippen LogP contribution >= 0.6 is 0 Å². The Morgan fingerprint density at radius 3 is 3.06 bits per heavy atom. The number of ether oxygens (including phenoxy) is 1. The highest BCUT2D eigenvalue weighted by Gasteiger charge is 2.06. The van der Waals surface area contributed by atoms with Gasteiger partial charge >= 0.3 is 6.09 Å². The minimum absolute atomic E-state index is 0.0569. The smallest absolute Gasteiger partial charge is 0.404 e. The van der Waals surface area contributed by atoms with Crippen molar-refractivity contribution in [1.82, 2.24) is 9.97 Å². The van der Waals surface area contributed by atoms with Gasteiger partial charge in [0.05, 0.1) is 11.0 Å². The van der Waals surface area contributed by atoms with Crippen LogP contribution in [0.3, 0.4) is 0 Å². The topological polar surface area (TPSA) is 84.1 Å². The van der Waals surface area contributed by atoms with E-state index in [0.717, 1.165) is 16.6 Å². The van der Waals surface area contributed by atoms with Crippen LogP contribution < -0.4 is 5.32 Å². The van der Waals surface area contributed by atoms with Crippen molar-refractivity contribution in [3.63, 3.8) is 0 Å². The van der Waals surface area contributed by atoms with Gasteiger partial charge in [0.1, 0.15) is 11.3 Å². The Kier molecular flexibility index (Phi) is 2.97. The fraction of sp³-hybridized carbons (Fsp3) is 0. The number of fused-ring (bicyclic) bond motifs is 1. The highest BCUT2D eigenvalue weighted by atomic mass is 32.1. The zero-order chi connectivity index (χ0) is 11.4. The van der Waals surface area contributed by atoms with Crippen LogP contribution in [0.1, 0.15) is 0 Å². The zero-order valence-electron chi connectivity index (χ0n) is 7.97. The summed E-state index contributed by atoms with van der Waals surface area (Å²) < 4.78 is 14.4. The molecule has 0 radical (unpaired) electrons. The average molecular weight is 237 g/mol. The van der Waals surface area contributed by atoms with Gasteiger partial charge in [0, 0.05) is 0 Å². The quantitative estimate of drug-likeness (QED) is 0.765. The fourth-order valence-electron chi connectivity index (χ4n) is 1.20. The number of hydrogen-bond donors (Lipinski definition) is 2. The molecule has 6 nitrogen and oxygen atoms in total. The van der Waals surface area contributed by atoms with Gasteiger partial charge < -0.3 is 9.72 Å². The van der Waals surface area contributed by atoms with E-state index in [1.54, 1.807) is 0 Å². The molecule has 0 unspecified atom stereocenters. The molecule has 0 atom stereocenters. The third-order valence-electron chi connectivity index (χ3n) is 1.80. The van der Waals surface area contributed by atoms with E-state index < -0.39 is 6.09 Å². The van der Waals surface area contributed by atoms with Crippen molar-refractivity contribution in [3.05, 3.63) is 24.3 Å². The highest BCUT2D eigenvalue weighted by molar-refractivity contribution is 7.64. The third kappa shape index (κ3) is 2.26. The molecule has 2 rings (SSSR count). The molecule has 0 fully saturated rings. The molecule has 0 aliphatic heterocycles. The van der Waals surface area contributed by atoms with Crippen molar-refractivity contribution in [2.24, 2.45) is 0 Å². The number of benzene rings is 1. The number of carbonyl (C=O) groups is 1. The number of amides is 1. The largest absolute Gasteiger partial charge is 0.419 e. The molecule has 7 heteroatoms. The summed E-state index contributed by atoms with van der Waals surface area (Å²) in [6, 6.07) is 7.33. The van der Waals surface area contributed by atoms with Gasteiger partial charge in [-0.3, -0.25) is 5.32 Å². The first-order valence-electron chi connectivity index (χ1n) is 4.32. The Morgan fingerprint density at radius 1 is 1.50 bits per heavy atom. The standard InChI is InChI=1S/C9H7N3O3S/c13-9(15-5-16-14)12-8-10-6-3-1-2-4-7(6)11-8/h1-5H,(H2,10,11,12,13). The number of nitrogens with zero attached hydrogens (tertiary/aromatic N) is 1. The Labute approximate surface area is 93.7 Å². The van der Waals surface area contributed by atoms with E-state index in [4.69, 9.17) is 0 Å². The van der Waals surface area contributed by atoms with Crippen molar-refractivity contribution in [2.45, 2.75) is 0 Å². The van der Waals surface area contributed by atoms with Crippen LogP contribution in [0.25, 0.3) is 11.0 Å². The first-order chi connectivity index (χ1) is 7.79. The van der Waals surface area contributed by atoms with Crippen molar-refractivity contribution < 1.29 is 13.7 Å². The molecule has 2 N–H and O–H groups in total. The molecular formula is C9H7N3O3S. The second-order valence-electron chi connectivity index (χ2n) is 2.83. The molecule has 1 aromatic carbocycles. The van der Waals surface area contributed by atoms with Gasteiger partial charge in [-0.1, -0.05) is 12.1 Å². The lowest BCUT2D eigenvalue weighted by atomic mass is 10.3. The molecule has 0 saturated carbocycles. The number of anilines is 1. The van der Waals surface area contributed by atoms with Crippen molar-refractivity contribution in [1.29, 1.82) is 0 Å². The van der Waals surface area contributed by atoms with Crippen LogP contribution in [-0.2, 0) is 16.0 Å². The van der Waals surface area contributed by atoms with Crippen molar-refractivity contribution in [3.8, 4) is 0 Å². The Balaban J connectivity index is 2.15. The number of imidazole rings is 1. The van der Waals surface area contributed by atoms with Gasteiger partial charge in [0.2, 0.25) is 5.95 Å². The Bertz CT molecular complexity index is 541. The molecule has 1 aromatic heterocycles. The normalized spacial score (nSPS) is 9.75. The maximum absolute atomic E-state index is 11.1. The SMILES string of the molecule is O=S=COC(=O)Nc1nc2ccccc2[nH]1. The monoisotopic (exact) mass is 237 g/mol. The molecule has 0 aliphatic carbocycles. The van der Waals surface area contributed by atoms with Crippen molar-refractivity contribution in [2.75, 3.05) is 5.32 Å². The number of aromatic amines is 1. The summed E-state index contributed by atoms with van der Waals surface area (Å²) in [4.78, 5) is 18.0. The first kappa shape index (κ1) is 10.4. The minimum atomic E-state index is -0.762. The van der Waals surface area contributed by atoms with E-state index in [1.807, 2.05) is 24.3 Å². The molecule has 82 valence electrons. The second kappa shape index (κ2) is 4.58. The van der Waals surface area contributed by atoms with Gasteiger partial charge in [-0.05, 0) is 12.1 Å². The molecule has 0 spiro atoms. The second-order valence-corrected chi connectivity index (χ2v) is 3.21. The number of H-pyrrole nitrogens is 1. The van der Waals surface area contributed by atoms with E-state index in [1.165, 1.54) is 0 Å². The number of hydrogen-bond acceptors (Lipinski definition) is 4. The Morgan fingerprint density at radius 2 is 2.31 bits per heavy atom. The molecular weight excluding hydrogens is 230 g/mol. The number of aromatic nitrogens is 2. The van der Waals surface area contributed by atoms with Gasteiger partial charge in [0.15, 0.2) is 5.55 Å². The molecule has 0 aliphatic rings. The summed E-state index contributed by atoms with van der Waals surface area (Å²) in [6.45, 7) is 0. The predicted octanol–water partition coefficient (Wildman–Crippen LogP) is 1.08. The van der Waals surface area contributed by atoms with Gasteiger partial charge in [0.25, 0.3) is 0 Å². The van der Waals surface area contributed by atoms with Crippen LogP contribution in [0.2, 0.25) is 0 Å². The number of rotatable bonds is 2. The van der Waals surface area contributed by atoms with E-state index in [-0.39, 0.29) is 17.2 Å². The van der Waals surface area contributed by atoms with Crippen LogP contribution in [0.5, 0.6) is 0 Å². The lowest BCUT2D eigenvalue weighted by Gasteiger charge is -1.96. The summed E-state index contributed by atoms with van der Waals surface area (Å²) in [5, 5.41) is 2.35. The van der Waals surface area contributed by atoms with E-state index in [0.29, 0.717) is 0 Å². The van der Waals surface area contributed by atoms with E-state index >= 15 is 0 Å². The Hall–Kier alpha value is -2.15. The van der Waals surface area contributed by atoms with Crippen LogP contribution in [0, 0.1) is 0 Å². The molecule has 0 bridgehead atoms. The summed E-state index contributed by atoms with van der Waals surface area (Å²) in [5.74, 6) is 0.274. The molecule has 1 heterocycles. The lowest BCUT2D eigenvalue weighted by Crippen LogP contribution is -2.13. The molecule has 2 aromatic rings. The maximum atomic E-state index is 11.1. The van der Waals surface area contributed by atoms with E-state index in [2.05, 4.69) is 20.0 Å². The molecule has 16 heavy (non-hydrogen) atoms. The summed E-state index contributed by atoms with van der Waals surface area (Å²) in [5.41, 5.74) is 2.33. The summed E-state index contributed by atoms with van der Waals surface area (Å²) in [6.07, 6.45) is -0.762. The van der Waals surface area contributed by atoms with Crippen LogP contribution in [-0.4, -0.2) is 25.8 Å². The summed E-state index contributed by atoms with van der Waals surface area (Å²) in [7, 11) is 0. The molecule has 0 saturated heterocycles. The maximum Gasteiger partial charge on any atom is 0.419 e. The first-order valence-corrected chi connectivity index (χ1v) is 5.13. The van der Waals surface area contributed by atoms with Gasteiger partial charge in [-0.25, -0.2) is 14.0 Å². The van der Waals surface area contributed by atoms with E-state index in [9.17, 15) is 9.00 Å². The lowest BCUT2D eigenvalue weighted by molar-refractivity contribution is 0.215. The average Bonchev–Trinajstić information content (AvgIpc) is 2.68. The van der Waals surface area contributed by atoms with Crippen LogP contribution in [0.4, 0.5) is 10.7 Å². The van der Waals surface area contributed by atoms with Gasteiger partial charge in [-0.2, -0.15) is 0 Å². The van der Waals surface area contributed by atoms with Gasteiger partial charge in [-0.15, -0.1) is 0 Å². The molecule has 1 amide bonds. The number of nitrogens with one attached hydrogen (secondary N) is 2. The van der Waals surface area contributed by atoms with Crippen molar-refractivity contribution >= 4 is 39.9 Å². The third-order valence-corrected chi connectivity index (χ3v) is 1.98. The van der Waals surface area contributed by atoms with Crippen LogP contribution in [0.15, 0.2) is 24.3 Å².